The number of fused-ring (bicyclic) bond motifs is 1. The number of carbonyl (C=O) groups is 1. The lowest BCUT2D eigenvalue weighted by Crippen LogP contribution is -2.08. The predicted molar refractivity (Wildman–Crippen MR) is 136 cm³/mol. The molecule has 0 aliphatic carbocycles. The third-order valence-electron chi connectivity index (χ3n) is 5.59. The van der Waals surface area contributed by atoms with Crippen molar-refractivity contribution in [3.8, 4) is 22.6 Å². The SMILES string of the molecule is CCCCCCCCOc1ccc(-c2ccc(C(=O)Oc3ccc4sc(=O)oc4c3)cc2)cc1. The van der Waals surface area contributed by atoms with Crippen molar-refractivity contribution in [3.05, 3.63) is 82.0 Å². The van der Waals surface area contributed by atoms with Crippen LogP contribution in [0.3, 0.4) is 0 Å². The van der Waals surface area contributed by atoms with Crippen molar-refractivity contribution < 1.29 is 18.7 Å². The molecular weight excluding hydrogens is 448 g/mol. The van der Waals surface area contributed by atoms with Crippen molar-refractivity contribution in [1.82, 2.24) is 0 Å². The average molecular weight is 477 g/mol. The number of rotatable bonds is 11. The highest BCUT2D eigenvalue weighted by Gasteiger charge is 2.11. The monoisotopic (exact) mass is 476 g/mol. The molecule has 3 aromatic carbocycles. The van der Waals surface area contributed by atoms with Gasteiger partial charge in [-0.25, -0.2) is 9.59 Å². The van der Waals surface area contributed by atoms with E-state index in [4.69, 9.17) is 13.9 Å². The summed E-state index contributed by atoms with van der Waals surface area (Å²) in [4.78, 5) is 23.5. The summed E-state index contributed by atoms with van der Waals surface area (Å²) in [7, 11) is 0. The fraction of sp³-hybridized carbons (Fsp3) is 0.286. The van der Waals surface area contributed by atoms with Gasteiger partial charge < -0.3 is 13.9 Å². The molecule has 1 heterocycles. The van der Waals surface area contributed by atoms with Crippen molar-refractivity contribution in [1.29, 1.82) is 0 Å². The Labute approximate surface area is 203 Å². The minimum absolute atomic E-state index is 0.333. The van der Waals surface area contributed by atoms with Crippen molar-refractivity contribution >= 4 is 27.6 Å². The minimum Gasteiger partial charge on any atom is -0.494 e. The van der Waals surface area contributed by atoms with Gasteiger partial charge in [0.25, 0.3) is 0 Å². The molecule has 0 radical (unpaired) electrons. The molecule has 0 amide bonds. The number of benzene rings is 3. The first-order chi connectivity index (χ1) is 16.6. The van der Waals surface area contributed by atoms with Crippen molar-refractivity contribution in [2.75, 3.05) is 6.61 Å². The van der Waals surface area contributed by atoms with Crippen LogP contribution in [0, 0.1) is 0 Å². The molecule has 0 aliphatic heterocycles. The third kappa shape index (κ3) is 6.35. The van der Waals surface area contributed by atoms with Gasteiger partial charge in [-0.05, 0) is 53.9 Å². The van der Waals surface area contributed by atoms with Crippen LogP contribution >= 0.6 is 11.3 Å². The number of carbonyl (C=O) groups excluding carboxylic acids is 1. The van der Waals surface area contributed by atoms with Gasteiger partial charge in [0, 0.05) is 6.07 Å². The van der Waals surface area contributed by atoms with E-state index in [-0.39, 0.29) is 4.94 Å². The molecule has 4 rings (SSSR count). The zero-order valence-corrected chi connectivity index (χ0v) is 20.1. The van der Waals surface area contributed by atoms with Crippen LogP contribution in [0.15, 0.2) is 75.9 Å². The van der Waals surface area contributed by atoms with Gasteiger partial charge in [-0.15, -0.1) is 0 Å². The van der Waals surface area contributed by atoms with E-state index in [1.807, 2.05) is 36.4 Å². The highest BCUT2D eigenvalue weighted by Crippen LogP contribution is 2.25. The largest absolute Gasteiger partial charge is 0.494 e. The van der Waals surface area contributed by atoms with Crippen LogP contribution in [0.1, 0.15) is 55.8 Å². The Hall–Kier alpha value is -3.38. The first kappa shape index (κ1) is 23.8. The molecule has 0 spiro atoms. The molecule has 176 valence electrons. The molecule has 0 fully saturated rings. The molecule has 1 aromatic heterocycles. The Bertz CT molecular complexity index is 1270. The van der Waals surface area contributed by atoms with Gasteiger partial charge in [0.2, 0.25) is 0 Å². The Morgan fingerprint density at radius 3 is 2.21 bits per heavy atom. The van der Waals surface area contributed by atoms with E-state index in [0.717, 1.165) is 41.2 Å². The van der Waals surface area contributed by atoms with Crippen LogP contribution in [0.2, 0.25) is 0 Å². The lowest BCUT2D eigenvalue weighted by molar-refractivity contribution is 0.0735. The average Bonchev–Trinajstić information content (AvgIpc) is 3.23. The molecular formula is C28H28O5S. The maximum absolute atomic E-state index is 12.5. The first-order valence-corrected chi connectivity index (χ1v) is 12.5. The molecule has 5 nitrogen and oxygen atoms in total. The van der Waals surface area contributed by atoms with Gasteiger partial charge >= 0.3 is 10.9 Å². The summed E-state index contributed by atoms with van der Waals surface area (Å²) in [5.41, 5.74) is 2.90. The van der Waals surface area contributed by atoms with E-state index in [9.17, 15) is 9.59 Å². The van der Waals surface area contributed by atoms with Crippen LogP contribution in [0.25, 0.3) is 21.4 Å². The summed E-state index contributed by atoms with van der Waals surface area (Å²) in [5.74, 6) is 0.734. The van der Waals surface area contributed by atoms with Gasteiger partial charge in [-0.2, -0.15) is 0 Å². The van der Waals surface area contributed by atoms with Gasteiger partial charge in [-0.3, -0.25) is 0 Å². The second-order valence-electron chi connectivity index (χ2n) is 8.17. The summed E-state index contributed by atoms with van der Waals surface area (Å²) < 4.78 is 17.1. The number of hydrogen-bond acceptors (Lipinski definition) is 6. The molecule has 0 saturated heterocycles. The molecule has 0 aliphatic rings. The maximum atomic E-state index is 12.5. The maximum Gasteiger partial charge on any atom is 0.396 e. The van der Waals surface area contributed by atoms with Crippen molar-refractivity contribution in [2.24, 2.45) is 0 Å². The van der Waals surface area contributed by atoms with Gasteiger partial charge in [0.05, 0.1) is 16.9 Å². The summed E-state index contributed by atoms with van der Waals surface area (Å²) in [6, 6.07) is 20.2. The Morgan fingerprint density at radius 1 is 0.824 bits per heavy atom. The van der Waals surface area contributed by atoms with E-state index in [1.165, 1.54) is 32.1 Å². The number of unbranched alkanes of at least 4 members (excludes halogenated alkanes) is 5. The van der Waals surface area contributed by atoms with Crippen molar-refractivity contribution in [2.45, 2.75) is 45.4 Å². The van der Waals surface area contributed by atoms with E-state index in [0.29, 0.717) is 21.6 Å². The summed E-state index contributed by atoms with van der Waals surface area (Å²) >= 11 is 1.01. The van der Waals surface area contributed by atoms with Crippen LogP contribution in [0.5, 0.6) is 11.5 Å². The van der Waals surface area contributed by atoms with E-state index in [2.05, 4.69) is 6.92 Å². The molecule has 0 atom stereocenters. The van der Waals surface area contributed by atoms with Gasteiger partial charge in [0.1, 0.15) is 11.5 Å². The Morgan fingerprint density at radius 2 is 1.47 bits per heavy atom. The lowest BCUT2D eigenvalue weighted by atomic mass is 10.0. The molecule has 34 heavy (non-hydrogen) atoms. The second-order valence-corrected chi connectivity index (χ2v) is 9.15. The van der Waals surface area contributed by atoms with Crippen LogP contribution in [-0.4, -0.2) is 12.6 Å². The smallest absolute Gasteiger partial charge is 0.396 e. The Kier molecular flexibility index (Phi) is 8.15. The number of hydrogen-bond donors (Lipinski definition) is 0. The van der Waals surface area contributed by atoms with Crippen LogP contribution < -0.4 is 14.4 Å². The highest BCUT2D eigenvalue weighted by atomic mass is 32.1. The molecule has 0 unspecified atom stereocenters. The van der Waals surface area contributed by atoms with Crippen LogP contribution in [-0.2, 0) is 0 Å². The quantitative estimate of drug-likeness (QED) is 0.128. The predicted octanol–water partition coefficient (Wildman–Crippen LogP) is 7.48. The summed E-state index contributed by atoms with van der Waals surface area (Å²) in [6.45, 7) is 2.97. The summed E-state index contributed by atoms with van der Waals surface area (Å²) in [6.07, 6.45) is 7.47. The zero-order valence-electron chi connectivity index (χ0n) is 19.3. The number of ether oxygens (including phenoxy) is 2. The zero-order chi connectivity index (χ0) is 23.8. The topological polar surface area (TPSA) is 65.7 Å². The standard InChI is InChI=1S/C28H28O5S/c1-2-3-4-5-6-7-18-31-23-14-12-21(13-15-23)20-8-10-22(11-9-20)27(29)32-24-16-17-26-25(19-24)33-28(30)34-26/h8-17,19H,2-7,18H2,1H3. The Balaban J connectivity index is 1.30. The van der Waals surface area contributed by atoms with Gasteiger partial charge in [-0.1, -0.05) is 74.6 Å². The number of esters is 1. The molecule has 4 aromatic rings. The minimum atomic E-state index is -0.470. The van der Waals surface area contributed by atoms with Gasteiger partial charge in [0.15, 0.2) is 5.58 Å². The van der Waals surface area contributed by atoms with E-state index >= 15 is 0 Å². The highest BCUT2D eigenvalue weighted by molar-refractivity contribution is 7.16. The molecule has 0 N–H and O–H groups in total. The summed E-state index contributed by atoms with van der Waals surface area (Å²) in [5, 5.41) is 0. The van der Waals surface area contributed by atoms with Crippen LogP contribution in [0.4, 0.5) is 0 Å². The molecule has 0 bridgehead atoms. The van der Waals surface area contributed by atoms with Crippen molar-refractivity contribution in [3.63, 3.8) is 0 Å². The third-order valence-corrected chi connectivity index (χ3v) is 6.39. The van der Waals surface area contributed by atoms with E-state index in [1.54, 1.807) is 30.3 Å². The first-order valence-electron chi connectivity index (χ1n) is 11.7. The normalized spacial score (nSPS) is 11.0. The second kappa shape index (κ2) is 11.7. The molecule has 6 heteroatoms. The fourth-order valence-electron chi connectivity index (χ4n) is 3.70. The van der Waals surface area contributed by atoms with E-state index < -0.39 is 5.97 Å². The molecule has 0 saturated carbocycles. The lowest BCUT2D eigenvalue weighted by Gasteiger charge is -2.08. The fourth-order valence-corrected chi connectivity index (χ4v) is 4.35.